The fourth-order valence-corrected chi connectivity index (χ4v) is 3.89. The third-order valence-electron chi connectivity index (χ3n) is 4.55. The van der Waals surface area contributed by atoms with Crippen molar-refractivity contribution in [3.05, 3.63) is 28.2 Å². The predicted molar refractivity (Wildman–Crippen MR) is 85.7 cm³/mol. The lowest BCUT2D eigenvalue weighted by atomic mass is 10.00. The Kier molecular flexibility index (Phi) is 4.13. The Morgan fingerprint density at radius 1 is 1.29 bits per heavy atom. The second-order valence-electron chi connectivity index (χ2n) is 5.84. The number of para-hydroxylation sites is 1. The maximum Gasteiger partial charge on any atom is 0.299 e. The molecule has 1 fully saturated rings. The number of anilines is 1. The summed E-state index contributed by atoms with van der Waals surface area (Å²) in [6.07, 6.45) is 4.59. The maximum atomic E-state index is 12.2. The predicted octanol–water partition coefficient (Wildman–Crippen LogP) is 2.85. The van der Waals surface area contributed by atoms with Crippen molar-refractivity contribution in [1.82, 2.24) is 4.90 Å². The maximum absolute atomic E-state index is 12.2. The molecule has 21 heavy (non-hydrogen) atoms. The van der Waals surface area contributed by atoms with Crippen LogP contribution in [-0.2, 0) is 4.79 Å². The zero-order valence-corrected chi connectivity index (χ0v) is 13.7. The number of amides is 1. The number of benzene rings is 1. The van der Waals surface area contributed by atoms with Gasteiger partial charge in [-0.2, -0.15) is 0 Å². The molecule has 1 aromatic carbocycles. The highest BCUT2D eigenvalue weighted by atomic mass is 79.9. The van der Waals surface area contributed by atoms with Gasteiger partial charge in [0.25, 0.3) is 11.7 Å². The van der Waals surface area contributed by atoms with Crippen LogP contribution in [0.3, 0.4) is 0 Å². The quantitative estimate of drug-likeness (QED) is 0.787. The Bertz CT molecular complexity index is 588. The molecule has 3 rings (SSSR count). The Morgan fingerprint density at radius 3 is 2.86 bits per heavy atom. The van der Waals surface area contributed by atoms with Gasteiger partial charge in [-0.05, 0) is 60.9 Å². The van der Waals surface area contributed by atoms with Crippen LogP contribution in [-0.4, -0.2) is 42.8 Å². The van der Waals surface area contributed by atoms with Crippen molar-refractivity contribution >= 4 is 33.3 Å². The van der Waals surface area contributed by atoms with Crippen LogP contribution in [0.5, 0.6) is 0 Å². The summed E-state index contributed by atoms with van der Waals surface area (Å²) in [4.78, 5) is 28.3. The molecule has 1 amide bonds. The Morgan fingerprint density at radius 2 is 2.10 bits per heavy atom. The van der Waals surface area contributed by atoms with Crippen LogP contribution in [0.25, 0.3) is 0 Å². The molecule has 0 radical (unpaired) electrons. The molecule has 1 saturated heterocycles. The van der Waals surface area contributed by atoms with Gasteiger partial charge in [0.05, 0.1) is 11.3 Å². The van der Waals surface area contributed by atoms with Gasteiger partial charge in [0.1, 0.15) is 0 Å². The molecule has 1 unspecified atom stereocenters. The number of fused-ring (bicyclic) bond motifs is 1. The van der Waals surface area contributed by atoms with Gasteiger partial charge in [-0.3, -0.25) is 9.59 Å². The number of halogens is 1. The zero-order chi connectivity index (χ0) is 15.0. The summed E-state index contributed by atoms with van der Waals surface area (Å²) in [5.74, 6) is -0.779. The second kappa shape index (κ2) is 5.89. The number of hydrogen-bond donors (Lipinski definition) is 0. The van der Waals surface area contributed by atoms with Crippen LogP contribution in [0, 0.1) is 0 Å². The fraction of sp³-hybridized carbons (Fsp3) is 0.500. The van der Waals surface area contributed by atoms with Crippen LogP contribution in [0.4, 0.5) is 5.69 Å². The van der Waals surface area contributed by atoms with E-state index in [1.54, 1.807) is 17.0 Å². The summed E-state index contributed by atoms with van der Waals surface area (Å²) in [5, 5.41) is 0. The lowest BCUT2D eigenvalue weighted by Crippen LogP contribution is -2.40. The van der Waals surface area contributed by atoms with Crippen molar-refractivity contribution in [2.75, 3.05) is 25.0 Å². The van der Waals surface area contributed by atoms with E-state index in [1.165, 1.54) is 19.3 Å². The van der Waals surface area contributed by atoms with Gasteiger partial charge in [0.2, 0.25) is 0 Å². The zero-order valence-electron chi connectivity index (χ0n) is 12.1. The lowest BCUT2D eigenvalue weighted by molar-refractivity contribution is -0.114. The SMILES string of the molecule is CN1CCCCC1CCN1C(=O)C(=O)c2cccc(Br)c21. The number of carbonyl (C=O) groups excluding carboxylic acids is 2. The van der Waals surface area contributed by atoms with Gasteiger partial charge in [0, 0.05) is 17.1 Å². The molecule has 5 heteroatoms. The number of piperidine rings is 1. The highest BCUT2D eigenvalue weighted by Crippen LogP contribution is 2.36. The first kappa shape index (κ1) is 14.7. The number of ketones is 1. The fourth-order valence-electron chi connectivity index (χ4n) is 3.31. The van der Waals surface area contributed by atoms with Crippen molar-refractivity contribution in [1.29, 1.82) is 0 Å². The Labute approximate surface area is 133 Å². The van der Waals surface area contributed by atoms with Crippen molar-refractivity contribution in [2.24, 2.45) is 0 Å². The highest BCUT2D eigenvalue weighted by Gasteiger charge is 2.37. The summed E-state index contributed by atoms with van der Waals surface area (Å²) in [6, 6.07) is 5.91. The monoisotopic (exact) mass is 350 g/mol. The molecule has 0 spiro atoms. The second-order valence-corrected chi connectivity index (χ2v) is 6.70. The first-order chi connectivity index (χ1) is 10.1. The molecule has 112 valence electrons. The number of likely N-dealkylation sites (tertiary alicyclic amines) is 1. The average Bonchev–Trinajstić information content (AvgIpc) is 2.72. The minimum absolute atomic E-state index is 0.386. The van der Waals surface area contributed by atoms with Gasteiger partial charge in [-0.15, -0.1) is 0 Å². The first-order valence-electron chi connectivity index (χ1n) is 7.44. The van der Waals surface area contributed by atoms with E-state index >= 15 is 0 Å². The topological polar surface area (TPSA) is 40.6 Å². The standard InChI is InChI=1S/C16H19BrN2O2/c1-18-9-3-2-5-11(18)8-10-19-14-12(15(20)16(19)21)6-4-7-13(14)17/h4,6-7,11H,2-3,5,8-10H2,1H3. The van der Waals surface area contributed by atoms with Crippen molar-refractivity contribution in [2.45, 2.75) is 31.7 Å². The van der Waals surface area contributed by atoms with Gasteiger partial charge < -0.3 is 9.80 Å². The van der Waals surface area contributed by atoms with E-state index in [0.717, 1.165) is 23.1 Å². The van der Waals surface area contributed by atoms with Crippen molar-refractivity contribution < 1.29 is 9.59 Å². The summed E-state index contributed by atoms with van der Waals surface area (Å²) in [5.41, 5.74) is 1.26. The van der Waals surface area contributed by atoms with E-state index in [4.69, 9.17) is 0 Å². The van der Waals surface area contributed by atoms with Crippen molar-refractivity contribution in [3.8, 4) is 0 Å². The highest BCUT2D eigenvalue weighted by molar-refractivity contribution is 9.10. The molecule has 1 atom stereocenters. The lowest BCUT2D eigenvalue weighted by Gasteiger charge is -2.33. The molecule has 2 heterocycles. The van der Waals surface area contributed by atoms with E-state index in [-0.39, 0.29) is 5.78 Å². The van der Waals surface area contributed by atoms with E-state index in [1.807, 2.05) is 6.07 Å². The smallest absolute Gasteiger partial charge is 0.299 e. The minimum Gasteiger partial charge on any atom is -0.304 e. The molecular weight excluding hydrogens is 332 g/mol. The summed E-state index contributed by atoms with van der Waals surface area (Å²) in [7, 11) is 2.14. The molecule has 1 aromatic rings. The van der Waals surface area contributed by atoms with E-state index in [2.05, 4.69) is 27.9 Å². The molecule has 0 aliphatic carbocycles. The summed E-state index contributed by atoms with van der Waals surface area (Å²) >= 11 is 3.46. The first-order valence-corrected chi connectivity index (χ1v) is 8.24. The van der Waals surface area contributed by atoms with Crippen LogP contribution >= 0.6 is 15.9 Å². The largest absolute Gasteiger partial charge is 0.304 e. The Balaban J connectivity index is 1.77. The number of hydrogen-bond acceptors (Lipinski definition) is 3. The number of carbonyl (C=O) groups is 2. The minimum atomic E-state index is -0.393. The third-order valence-corrected chi connectivity index (χ3v) is 5.19. The van der Waals surface area contributed by atoms with Gasteiger partial charge in [-0.1, -0.05) is 12.5 Å². The summed E-state index contributed by atoms with van der Waals surface area (Å²) in [6.45, 7) is 1.73. The number of nitrogens with zero attached hydrogens (tertiary/aromatic N) is 2. The molecule has 2 aliphatic rings. The molecule has 0 saturated carbocycles. The van der Waals surface area contributed by atoms with E-state index < -0.39 is 5.91 Å². The van der Waals surface area contributed by atoms with Crippen LogP contribution < -0.4 is 4.90 Å². The molecular formula is C16H19BrN2O2. The van der Waals surface area contributed by atoms with Gasteiger partial charge >= 0.3 is 0 Å². The average molecular weight is 351 g/mol. The number of Topliss-reactive ketones (excluding diaryl/α,β-unsaturated/α-hetero) is 1. The van der Waals surface area contributed by atoms with E-state index in [0.29, 0.717) is 18.2 Å². The third kappa shape index (κ3) is 2.64. The normalized spacial score (nSPS) is 22.8. The Hall–Kier alpha value is -1.20. The van der Waals surface area contributed by atoms with Crippen LogP contribution in [0.15, 0.2) is 22.7 Å². The number of rotatable bonds is 3. The molecule has 2 aliphatic heterocycles. The molecule has 0 bridgehead atoms. The van der Waals surface area contributed by atoms with Crippen LogP contribution in [0.1, 0.15) is 36.0 Å². The molecule has 4 nitrogen and oxygen atoms in total. The molecule has 0 aromatic heterocycles. The molecule has 0 N–H and O–H groups in total. The van der Waals surface area contributed by atoms with Crippen LogP contribution in [0.2, 0.25) is 0 Å². The summed E-state index contributed by atoms with van der Waals surface area (Å²) < 4.78 is 0.816. The van der Waals surface area contributed by atoms with Gasteiger partial charge in [0.15, 0.2) is 0 Å². The van der Waals surface area contributed by atoms with E-state index in [9.17, 15) is 9.59 Å². The van der Waals surface area contributed by atoms with Crippen molar-refractivity contribution in [3.63, 3.8) is 0 Å². The van der Waals surface area contributed by atoms with Gasteiger partial charge in [-0.25, -0.2) is 0 Å².